The van der Waals surface area contributed by atoms with E-state index < -0.39 is 10.8 Å². The summed E-state index contributed by atoms with van der Waals surface area (Å²) >= 11 is 0. The molecule has 3 aromatic rings. The Morgan fingerprint density at radius 3 is 2.70 bits per heavy atom. The van der Waals surface area contributed by atoms with Crippen LogP contribution in [0.2, 0.25) is 0 Å². The van der Waals surface area contributed by atoms with Crippen molar-refractivity contribution >= 4 is 17.3 Å². The maximum absolute atomic E-state index is 12.5. The number of carbonyl (C=O) groups is 1. The number of benzene rings is 2. The predicted octanol–water partition coefficient (Wildman–Crippen LogP) is 4.47. The molecule has 7 heteroatoms. The third-order valence-electron chi connectivity index (χ3n) is 4.02. The van der Waals surface area contributed by atoms with Gasteiger partial charge in [-0.1, -0.05) is 18.2 Å². The molecular weight excluding hydrogens is 348 g/mol. The van der Waals surface area contributed by atoms with Crippen LogP contribution in [-0.4, -0.2) is 10.8 Å². The number of nitrogens with one attached hydrogen (secondary N) is 1. The number of furan rings is 1. The number of nitro groups is 1. The highest BCUT2D eigenvalue weighted by Crippen LogP contribution is 2.22. The molecule has 1 N–H and O–H groups in total. The van der Waals surface area contributed by atoms with Gasteiger partial charge in [-0.25, -0.2) is 0 Å². The zero-order valence-corrected chi connectivity index (χ0v) is 14.7. The molecule has 0 saturated heterocycles. The first kappa shape index (κ1) is 18.3. The molecule has 0 bridgehead atoms. The van der Waals surface area contributed by atoms with Crippen molar-refractivity contribution in [1.29, 1.82) is 0 Å². The van der Waals surface area contributed by atoms with Gasteiger partial charge in [0.15, 0.2) is 0 Å². The Balaban J connectivity index is 1.66. The molecule has 0 radical (unpaired) electrons. The monoisotopic (exact) mass is 366 g/mol. The first-order valence-corrected chi connectivity index (χ1v) is 8.29. The number of hydrogen-bond acceptors (Lipinski definition) is 5. The van der Waals surface area contributed by atoms with Crippen molar-refractivity contribution in [2.24, 2.45) is 0 Å². The Morgan fingerprint density at radius 2 is 1.96 bits per heavy atom. The van der Waals surface area contributed by atoms with Crippen LogP contribution in [0.25, 0.3) is 0 Å². The van der Waals surface area contributed by atoms with Crippen molar-refractivity contribution in [3.63, 3.8) is 0 Å². The summed E-state index contributed by atoms with van der Waals surface area (Å²) in [6.07, 6.45) is 1.59. The van der Waals surface area contributed by atoms with E-state index in [1.807, 2.05) is 18.2 Å². The largest absolute Gasteiger partial charge is 0.467 e. The number of carbonyl (C=O) groups excluding carboxylic acids is 1. The second-order valence-electron chi connectivity index (χ2n) is 5.93. The van der Waals surface area contributed by atoms with Crippen LogP contribution in [0.5, 0.6) is 0 Å². The summed E-state index contributed by atoms with van der Waals surface area (Å²) < 4.78 is 10.8. The third-order valence-corrected chi connectivity index (χ3v) is 4.02. The van der Waals surface area contributed by atoms with Crippen LogP contribution < -0.4 is 5.32 Å². The highest BCUT2D eigenvalue weighted by molar-refractivity contribution is 6.05. The second kappa shape index (κ2) is 8.29. The lowest BCUT2D eigenvalue weighted by molar-refractivity contribution is -0.385. The van der Waals surface area contributed by atoms with Crippen LogP contribution >= 0.6 is 0 Å². The Bertz CT molecular complexity index is 951. The molecule has 0 spiro atoms. The van der Waals surface area contributed by atoms with Gasteiger partial charge in [0.25, 0.3) is 11.6 Å². The summed E-state index contributed by atoms with van der Waals surface area (Å²) in [4.78, 5) is 23.1. The third kappa shape index (κ3) is 4.59. The van der Waals surface area contributed by atoms with E-state index in [1.54, 1.807) is 37.5 Å². The minimum Gasteiger partial charge on any atom is -0.467 e. The first-order valence-electron chi connectivity index (χ1n) is 8.29. The minimum absolute atomic E-state index is 0.0808. The van der Waals surface area contributed by atoms with Gasteiger partial charge < -0.3 is 14.5 Å². The highest BCUT2D eigenvalue weighted by atomic mass is 16.6. The summed E-state index contributed by atoms with van der Waals surface area (Å²) in [5.41, 5.74) is 1.99. The molecule has 1 heterocycles. The lowest BCUT2D eigenvalue weighted by Crippen LogP contribution is -2.14. The predicted molar refractivity (Wildman–Crippen MR) is 99.4 cm³/mol. The number of amides is 1. The maximum Gasteiger partial charge on any atom is 0.273 e. The number of nitro benzene ring substituents is 1. The summed E-state index contributed by atoms with van der Waals surface area (Å²) in [6.45, 7) is 2.28. The zero-order chi connectivity index (χ0) is 19.2. The van der Waals surface area contributed by atoms with E-state index in [1.165, 1.54) is 12.1 Å². The molecule has 0 saturated carbocycles. The van der Waals surface area contributed by atoms with Gasteiger partial charge in [-0.15, -0.1) is 0 Å². The average Bonchev–Trinajstić information content (AvgIpc) is 3.15. The van der Waals surface area contributed by atoms with Crippen LogP contribution in [0.4, 0.5) is 11.4 Å². The quantitative estimate of drug-likeness (QED) is 0.492. The van der Waals surface area contributed by atoms with E-state index in [0.717, 1.165) is 11.3 Å². The number of anilines is 1. The van der Waals surface area contributed by atoms with Gasteiger partial charge in [0, 0.05) is 22.9 Å². The Hall–Kier alpha value is -3.45. The molecule has 0 fully saturated rings. The molecule has 1 aromatic heterocycles. The number of nitrogens with zero attached hydrogens (tertiary/aromatic N) is 1. The van der Waals surface area contributed by atoms with Crippen molar-refractivity contribution < 1.29 is 18.9 Å². The fourth-order valence-corrected chi connectivity index (χ4v) is 2.67. The number of ether oxygens (including phenoxy) is 1. The summed E-state index contributed by atoms with van der Waals surface area (Å²) in [5, 5.41) is 13.8. The van der Waals surface area contributed by atoms with E-state index in [9.17, 15) is 14.9 Å². The maximum atomic E-state index is 12.5. The van der Waals surface area contributed by atoms with E-state index in [2.05, 4.69) is 5.32 Å². The topological polar surface area (TPSA) is 94.6 Å². The lowest BCUT2D eigenvalue weighted by atomic mass is 10.1. The smallest absolute Gasteiger partial charge is 0.273 e. The molecule has 1 amide bonds. The number of rotatable bonds is 7. The van der Waals surface area contributed by atoms with Crippen molar-refractivity contribution in [3.8, 4) is 0 Å². The standard InChI is InChI=1S/C20H18N2O5/c1-14-18(8-3-9-19(14)22(24)25)20(23)21-16-6-2-5-15(11-16)12-26-13-17-7-4-10-27-17/h2-11H,12-13H2,1H3,(H,21,23). The summed E-state index contributed by atoms with van der Waals surface area (Å²) in [7, 11) is 0. The molecule has 27 heavy (non-hydrogen) atoms. The Labute approximate surface area is 155 Å². The SMILES string of the molecule is Cc1c(C(=O)Nc2cccc(COCc3ccco3)c2)cccc1[N+](=O)[O-]. The van der Waals surface area contributed by atoms with Crippen molar-refractivity contribution in [2.45, 2.75) is 20.1 Å². The van der Waals surface area contributed by atoms with Gasteiger partial charge in [-0.2, -0.15) is 0 Å². The van der Waals surface area contributed by atoms with E-state index >= 15 is 0 Å². The molecule has 7 nitrogen and oxygen atoms in total. The van der Waals surface area contributed by atoms with Gasteiger partial charge in [-0.05, 0) is 42.8 Å². The molecule has 2 aromatic carbocycles. The Kier molecular flexibility index (Phi) is 5.63. The van der Waals surface area contributed by atoms with Crippen molar-refractivity contribution in [1.82, 2.24) is 0 Å². The molecule has 0 unspecified atom stereocenters. The minimum atomic E-state index is -0.497. The first-order chi connectivity index (χ1) is 13.0. The van der Waals surface area contributed by atoms with E-state index in [-0.39, 0.29) is 11.3 Å². The number of hydrogen-bond donors (Lipinski definition) is 1. The normalized spacial score (nSPS) is 10.6. The van der Waals surface area contributed by atoms with Gasteiger partial charge in [-0.3, -0.25) is 14.9 Å². The summed E-state index contributed by atoms with van der Waals surface area (Å²) in [6, 6.07) is 15.3. The van der Waals surface area contributed by atoms with Crippen LogP contribution in [0.3, 0.4) is 0 Å². The van der Waals surface area contributed by atoms with Crippen LogP contribution in [0.15, 0.2) is 65.3 Å². The highest BCUT2D eigenvalue weighted by Gasteiger charge is 2.18. The summed E-state index contributed by atoms with van der Waals surface area (Å²) in [5.74, 6) is 0.338. The molecule has 0 aliphatic carbocycles. The second-order valence-corrected chi connectivity index (χ2v) is 5.93. The van der Waals surface area contributed by atoms with Crippen LogP contribution in [0, 0.1) is 17.0 Å². The van der Waals surface area contributed by atoms with E-state index in [4.69, 9.17) is 9.15 Å². The molecule has 0 atom stereocenters. The molecule has 3 rings (SSSR count). The van der Waals surface area contributed by atoms with Gasteiger partial charge in [0.05, 0.1) is 17.8 Å². The van der Waals surface area contributed by atoms with Gasteiger partial charge >= 0.3 is 0 Å². The van der Waals surface area contributed by atoms with E-state index in [0.29, 0.717) is 24.5 Å². The van der Waals surface area contributed by atoms with Crippen LogP contribution in [0.1, 0.15) is 27.2 Å². The van der Waals surface area contributed by atoms with Crippen LogP contribution in [-0.2, 0) is 18.0 Å². The van der Waals surface area contributed by atoms with Crippen molar-refractivity contribution in [3.05, 3.63) is 93.4 Å². The van der Waals surface area contributed by atoms with Gasteiger partial charge in [0.1, 0.15) is 12.4 Å². The van der Waals surface area contributed by atoms with Gasteiger partial charge in [0.2, 0.25) is 0 Å². The zero-order valence-electron chi connectivity index (χ0n) is 14.7. The fraction of sp³-hybridized carbons (Fsp3) is 0.150. The fourth-order valence-electron chi connectivity index (χ4n) is 2.67. The Morgan fingerprint density at radius 1 is 1.15 bits per heavy atom. The lowest BCUT2D eigenvalue weighted by Gasteiger charge is -2.09. The molecule has 0 aliphatic heterocycles. The average molecular weight is 366 g/mol. The van der Waals surface area contributed by atoms with Crippen molar-refractivity contribution in [2.75, 3.05) is 5.32 Å². The molecule has 138 valence electrons. The molecular formula is C20H18N2O5. The molecule has 0 aliphatic rings.